The number of carbonyl (C=O) groups excluding carboxylic acids is 1. The van der Waals surface area contributed by atoms with Gasteiger partial charge in [0.2, 0.25) is 0 Å². The van der Waals surface area contributed by atoms with Gasteiger partial charge in [0.05, 0.1) is 5.25 Å². The Hall–Kier alpha value is -2.28. The summed E-state index contributed by atoms with van der Waals surface area (Å²) in [5.74, 6) is -2.30. The summed E-state index contributed by atoms with van der Waals surface area (Å²) in [6.45, 7) is 1.69. The Morgan fingerprint density at radius 2 is 2.00 bits per heavy atom. The van der Waals surface area contributed by atoms with Crippen molar-refractivity contribution in [3.05, 3.63) is 59.8 Å². The third-order valence-corrected chi connectivity index (χ3v) is 4.19. The molecule has 0 aliphatic heterocycles. The molecule has 1 unspecified atom stereocenters. The molecule has 0 saturated heterocycles. The van der Waals surface area contributed by atoms with E-state index >= 15 is 0 Å². The van der Waals surface area contributed by atoms with Gasteiger partial charge >= 0.3 is 0 Å². The van der Waals surface area contributed by atoms with Crippen LogP contribution < -0.4 is 0 Å². The van der Waals surface area contributed by atoms with E-state index in [2.05, 4.69) is 10.2 Å². The Balaban J connectivity index is 1.83. The molecule has 0 fully saturated rings. The van der Waals surface area contributed by atoms with Crippen LogP contribution in [0.3, 0.4) is 0 Å². The van der Waals surface area contributed by atoms with Crippen molar-refractivity contribution < 1.29 is 13.6 Å². The molecule has 3 rings (SSSR count). The molecule has 2 heterocycles. The molecule has 0 saturated carbocycles. The Bertz CT molecular complexity index is 850. The van der Waals surface area contributed by atoms with E-state index in [9.17, 15) is 13.6 Å². The van der Waals surface area contributed by atoms with E-state index < -0.39 is 16.9 Å². The highest BCUT2D eigenvalue weighted by molar-refractivity contribution is 8.00. The van der Waals surface area contributed by atoms with Gasteiger partial charge < -0.3 is 0 Å². The van der Waals surface area contributed by atoms with Crippen molar-refractivity contribution in [3.63, 3.8) is 0 Å². The summed E-state index contributed by atoms with van der Waals surface area (Å²) < 4.78 is 27.9. The number of fused-ring (bicyclic) bond motifs is 1. The van der Waals surface area contributed by atoms with E-state index in [1.54, 1.807) is 23.6 Å². The van der Waals surface area contributed by atoms with Gasteiger partial charge in [-0.2, -0.15) is 0 Å². The maximum Gasteiger partial charge on any atom is 0.196 e. The molecular formula is C15H11F2N3OS. The summed E-state index contributed by atoms with van der Waals surface area (Å²) in [5, 5.41) is 8.10. The molecule has 0 N–H and O–H groups in total. The molecule has 4 nitrogen and oxygen atoms in total. The number of Topliss-reactive ketones (excluding diaryl/α,β-unsaturated/α-hetero) is 1. The summed E-state index contributed by atoms with van der Waals surface area (Å²) >= 11 is 1.22. The lowest BCUT2D eigenvalue weighted by atomic mass is 10.1. The first-order valence-corrected chi connectivity index (χ1v) is 7.40. The lowest BCUT2D eigenvalue weighted by Crippen LogP contribution is -2.14. The number of thioether (sulfide) groups is 1. The number of halogens is 2. The number of ketones is 1. The standard InChI is InChI=1S/C15H11F2N3OS/c1-9(14(21)10-5-6-11(16)12(17)8-10)22-15-19-18-13-4-2-3-7-20(13)15/h2-9H,1H3. The van der Waals surface area contributed by atoms with Crippen LogP contribution in [-0.4, -0.2) is 25.6 Å². The molecule has 0 aliphatic carbocycles. The smallest absolute Gasteiger partial charge is 0.196 e. The van der Waals surface area contributed by atoms with E-state index in [1.807, 2.05) is 12.1 Å². The van der Waals surface area contributed by atoms with Gasteiger partial charge in [0.1, 0.15) is 0 Å². The Morgan fingerprint density at radius 3 is 2.77 bits per heavy atom. The molecule has 2 aromatic heterocycles. The highest BCUT2D eigenvalue weighted by Gasteiger charge is 2.20. The zero-order valence-electron chi connectivity index (χ0n) is 11.5. The van der Waals surface area contributed by atoms with Crippen molar-refractivity contribution in [1.82, 2.24) is 14.6 Å². The Morgan fingerprint density at radius 1 is 1.18 bits per heavy atom. The Kier molecular flexibility index (Phi) is 3.89. The largest absolute Gasteiger partial charge is 0.293 e. The third-order valence-electron chi connectivity index (χ3n) is 3.14. The highest BCUT2D eigenvalue weighted by Crippen LogP contribution is 2.25. The molecule has 1 atom stereocenters. The fourth-order valence-corrected chi connectivity index (χ4v) is 2.91. The normalized spacial score (nSPS) is 12.5. The predicted molar refractivity (Wildman–Crippen MR) is 79.0 cm³/mol. The zero-order valence-corrected chi connectivity index (χ0v) is 12.3. The summed E-state index contributed by atoms with van der Waals surface area (Å²) in [6, 6.07) is 8.62. The minimum atomic E-state index is -1.03. The lowest BCUT2D eigenvalue weighted by molar-refractivity contribution is 0.0993. The van der Waals surface area contributed by atoms with Crippen LogP contribution >= 0.6 is 11.8 Å². The monoisotopic (exact) mass is 319 g/mol. The fraction of sp³-hybridized carbons (Fsp3) is 0.133. The molecule has 3 aromatic rings. The van der Waals surface area contributed by atoms with Crippen molar-refractivity contribution in [1.29, 1.82) is 0 Å². The van der Waals surface area contributed by atoms with Crippen LogP contribution in [0.2, 0.25) is 0 Å². The van der Waals surface area contributed by atoms with Crippen molar-refractivity contribution in [2.24, 2.45) is 0 Å². The van der Waals surface area contributed by atoms with Crippen LogP contribution in [0, 0.1) is 11.6 Å². The van der Waals surface area contributed by atoms with Gasteiger partial charge in [0.15, 0.2) is 28.2 Å². The molecule has 0 bridgehead atoms. The van der Waals surface area contributed by atoms with Gasteiger partial charge in [-0.05, 0) is 37.3 Å². The number of carbonyl (C=O) groups is 1. The first-order valence-electron chi connectivity index (χ1n) is 6.52. The minimum absolute atomic E-state index is 0.132. The third kappa shape index (κ3) is 2.71. The van der Waals surface area contributed by atoms with Crippen molar-refractivity contribution in [2.45, 2.75) is 17.3 Å². The fourth-order valence-electron chi connectivity index (χ4n) is 2.00. The molecule has 0 spiro atoms. The molecule has 0 radical (unpaired) electrons. The average molecular weight is 319 g/mol. The second kappa shape index (κ2) is 5.84. The summed E-state index contributed by atoms with van der Waals surface area (Å²) in [6.07, 6.45) is 1.80. The van der Waals surface area contributed by atoms with E-state index in [0.29, 0.717) is 10.8 Å². The van der Waals surface area contributed by atoms with Gasteiger partial charge in [0.25, 0.3) is 0 Å². The number of aromatic nitrogens is 3. The number of benzene rings is 1. The number of pyridine rings is 1. The van der Waals surface area contributed by atoms with Crippen LogP contribution in [0.15, 0.2) is 47.8 Å². The van der Waals surface area contributed by atoms with Gasteiger partial charge in [-0.3, -0.25) is 9.20 Å². The van der Waals surface area contributed by atoms with E-state index in [-0.39, 0.29) is 11.3 Å². The van der Waals surface area contributed by atoms with Crippen LogP contribution in [0.4, 0.5) is 8.78 Å². The quantitative estimate of drug-likeness (QED) is 0.546. The van der Waals surface area contributed by atoms with Gasteiger partial charge in [-0.1, -0.05) is 17.8 Å². The molecule has 7 heteroatoms. The van der Waals surface area contributed by atoms with E-state index in [4.69, 9.17) is 0 Å². The second-order valence-corrected chi connectivity index (χ2v) is 5.97. The van der Waals surface area contributed by atoms with Gasteiger partial charge in [-0.25, -0.2) is 8.78 Å². The summed E-state index contributed by atoms with van der Waals surface area (Å²) in [4.78, 5) is 12.3. The maximum absolute atomic E-state index is 13.2. The topological polar surface area (TPSA) is 47.3 Å². The van der Waals surface area contributed by atoms with Crippen LogP contribution in [0.5, 0.6) is 0 Å². The predicted octanol–water partition coefficient (Wildman–Crippen LogP) is 3.37. The second-order valence-electron chi connectivity index (χ2n) is 4.66. The zero-order chi connectivity index (χ0) is 15.7. The number of rotatable bonds is 4. The van der Waals surface area contributed by atoms with Gasteiger partial charge in [-0.15, -0.1) is 10.2 Å². The SMILES string of the molecule is CC(Sc1nnc2ccccn12)C(=O)c1ccc(F)c(F)c1. The average Bonchev–Trinajstić information content (AvgIpc) is 2.92. The molecule has 0 amide bonds. The number of hydrogen-bond acceptors (Lipinski definition) is 4. The van der Waals surface area contributed by atoms with E-state index in [1.165, 1.54) is 17.8 Å². The van der Waals surface area contributed by atoms with Crippen LogP contribution in [0.1, 0.15) is 17.3 Å². The minimum Gasteiger partial charge on any atom is -0.293 e. The summed E-state index contributed by atoms with van der Waals surface area (Å²) in [5.41, 5.74) is 0.810. The van der Waals surface area contributed by atoms with Crippen LogP contribution in [-0.2, 0) is 0 Å². The van der Waals surface area contributed by atoms with E-state index in [0.717, 1.165) is 12.1 Å². The first-order chi connectivity index (χ1) is 10.6. The van der Waals surface area contributed by atoms with Crippen molar-refractivity contribution in [3.8, 4) is 0 Å². The van der Waals surface area contributed by atoms with Crippen molar-refractivity contribution in [2.75, 3.05) is 0 Å². The highest BCUT2D eigenvalue weighted by atomic mass is 32.2. The van der Waals surface area contributed by atoms with Gasteiger partial charge in [0, 0.05) is 11.8 Å². The molecule has 22 heavy (non-hydrogen) atoms. The molecular weight excluding hydrogens is 308 g/mol. The lowest BCUT2D eigenvalue weighted by Gasteiger charge is -2.09. The molecule has 112 valence electrons. The van der Waals surface area contributed by atoms with Crippen LogP contribution in [0.25, 0.3) is 5.65 Å². The molecule has 1 aromatic carbocycles. The molecule has 0 aliphatic rings. The number of hydrogen-bond donors (Lipinski definition) is 0. The number of nitrogens with zero attached hydrogens (tertiary/aromatic N) is 3. The first kappa shape index (κ1) is 14.6. The summed E-state index contributed by atoms with van der Waals surface area (Å²) in [7, 11) is 0. The Labute approximate surface area is 129 Å². The maximum atomic E-state index is 13.2. The van der Waals surface area contributed by atoms with Crippen molar-refractivity contribution >= 4 is 23.2 Å².